The molecule has 0 bridgehead atoms. The van der Waals surface area contributed by atoms with Crippen LogP contribution >= 0.6 is 46.4 Å². The number of fused-ring (bicyclic) bond motifs is 2. The largest absolute Gasteiger partial charge is 0.494 e. The van der Waals surface area contributed by atoms with Gasteiger partial charge in [-0.2, -0.15) is 9.97 Å². The molecule has 6 aromatic rings. The molecule has 0 saturated carbocycles. The van der Waals surface area contributed by atoms with Gasteiger partial charge in [0.15, 0.2) is 0 Å². The first kappa shape index (κ1) is 69.5. The maximum absolute atomic E-state index is 14.2. The van der Waals surface area contributed by atoms with Crippen molar-refractivity contribution >= 4 is 133 Å². The summed E-state index contributed by atoms with van der Waals surface area (Å²) >= 11 is 22.0. The molecule has 28 heteroatoms. The first-order chi connectivity index (χ1) is 41.2. The van der Waals surface area contributed by atoms with Crippen molar-refractivity contribution in [2.45, 2.75) is 64.8 Å². The lowest BCUT2D eigenvalue weighted by atomic mass is 9.93. The summed E-state index contributed by atoms with van der Waals surface area (Å²) in [5, 5.41) is 42.9. The van der Waals surface area contributed by atoms with Gasteiger partial charge in [-0.1, -0.05) is 37.2 Å². The molecule has 0 unspecified atom stereocenters. The van der Waals surface area contributed by atoms with Crippen molar-refractivity contribution in [2.24, 2.45) is 11.8 Å². The van der Waals surface area contributed by atoms with Crippen LogP contribution in [0.1, 0.15) is 52.7 Å². The van der Waals surface area contributed by atoms with Crippen LogP contribution in [0.25, 0.3) is 0 Å². The lowest BCUT2D eigenvalue weighted by Crippen LogP contribution is -2.52. The predicted molar refractivity (Wildman–Crippen MR) is 346 cm³/mol. The molecule has 10 rings (SSSR count). The van der Waals surface area contributed by atoms with Gasteiger partial charge in [0, 0.05) is 123 Å². The van der Waals surface area contributed by atoms with Gasteiger partial charge in [-0.15, -0.1) is 11.6 Å². The lowest BCUT2D eigenvalue weighted by molar-refractivity contribution is -0.123. The van der Waals surface area contributed by atoms with Gasteiger partial charge in [-0.05, 0) is 108 Å². The van der Waals surface area contributed by atoms with Gasteiger partial charge in [0.05, 0.1) is 69.6 Å². The molecule has 4 atom stereocenters. The molecular weight excluding hydrogens is 1220 g/mol. The molecule has 6 heterocycles. The number of methoxy groups -OCH3 is 2. The fraction of sp³-hybridized carbons (Fsp3) is 0.383. The fourth-order valence-electron chi connectivity index (χ4n) is 10.6. The van der Waals surface area contributed by atoms with Crippen molar-refractivity contribution in [3.8, 4) is 11.5 Å². The number of nitrogens with two attached hydrogens (primary N) is 1. The fourth-order valence-corrected chi connectivity index (χ4v) is 11.3. The van der Waals surface area contributed by atoms with E-state index in [1.807, 2.05) is 18.2 Å². The number of carbonyl (C=O) groups excluding carboxylic acids is 2. The molecule has 22 nitrogen and oxygen atoms in total. The second-order valence-corrected chi connectivity index (χ2v) is 23.5. The molecule has 474 valence electrons. The number of carboxylic acid groups (broad SMARTS) is 1. The summed E-state index contributed by atoms with van der Waals surface area (Å²) in [6.07, 6.45) is 4.62. The zero-order valence-electron chi connectivity index (χ0n) is 49.1. The van der Waals surface area contributed by atoms with Crippen molar-refractivity contribution in [1.29, 1.82) is 0 Å². The summed E-state index contributed by atoms with van der Waals surface area (Å²) in [4.78, 5) is 57.4. The molecule has 0 aliphatic carbocycles. The van der Waals surface area contributed by atoms with E-state index in [2.05, 4.69) is 86.8 Å². The van der Waals surface area contributed by atoms with Crippen molar-refractivity contribution in [3.63, 3.8) is 0 Å². The number of likely N-dealkylation sites (N-methyl/N-ethyl adjacent to an activating group) is 2. The van der Waals surface area contributed by atoms with Gasteiger partial charge < -0.3 is 76.7 Å². The van der Waals surface area contributed by atoms with Crippen LogP contribution in [0.15, 0.2) is 85.7 Å². The van der Waals surface area contributed by atoms with Crippen molar-refractivity contribution in [3.05, 3.63) is 119 Å². The van der Waals surface area contributed by atoms with E-state index in [0.717, 1.165) is 50.6 Å². The Bertz CT molecular complexity index is 3470. The molecule has 4 aliphatic heterocycles. The number of hydrogen-bond donors (Lipinski definition) is 9. The number of aliphatic hydroxyl groups is 2. The van der Waals surface area contributed by atoms with Gasteiger partial charge >= 0.3 is 0 Å². The highest BCUT2D eigenvalue weighted by Crippen LogP contribution is 2.44. The molecule has 4 fully saturated rings. The van der Waals surface area contributed by atoms with Gasteiger partial charge in [-0.3, -0.25) is 14.4 Å². The number of rotatable bonds is 18. The third-order valence-electron chi connectivity index (χ3n) is 14.8. The number of nitrogens with one attached hydrogen (secondary N) is 5. The maximum atomic E-state index is 14.2. The number of amides is 1. The first-order valence-corrected chi connectivity index (χ1v) is 28.9. The Morgan fingerprint density at radius 1 is 0.705 bits per heavy atom. The highest BCUT2D eigenvalue weighted by Gasteiger charge is 2.45. The number of hydrogen-bond acceptors (Lipinski definition) is 20. The van der Waals surface area contributed by atoms with Crippen LogP contribution in [0.5, 0.6) is 11.5 Å². The minimum atomic E-state index is -1.34. The van der Waals surface area contributed by atoms with Crippen molar-refractivity contribution in [1.82, 2.24) is 29.7 Å². The van der Waals surface area contributed by atoms with Crippen LogP contribution in [0, 0.1) is 23.5 Å². The molecule has 0 radical (unpaired) electrons. The number of halogens is 6. The quantitative estimate of drug-likeness (QED) is 0.0127. The number of benzene rings is 4. The zero-order valence-corrected chi connectivity index (χ0v) is 52.1. The summed E-state index contributed by atoms with van der Waals surface area (Å²) in [5.41, 5.74) is 9.52. The Kier molecular flexibility index (Phi) is 23.8. The van der Waals surface area contributed by atoms with Crippen molar-refractivity contribution < 1.29 is 48.0 Å². The van der Waals surface area contributed by atoms with E-state index in [-0.39, 0.29) is 47.5 Å². The standard InChI is InChI=1S/C29H33ClFN7O3.C26H31ClFN7O2.C3H4Cl2O.CH2O2.CH4/c1-6-27(39)34-21-11-22(25(41-5)12-23(21)38-14-16-13-37(4)24(16)15-38)35-28-32-8-7-26(36-28)33-20-10-18(30)19(31)9-17(20)29(2,3)40;1-26(2,36)15-7-17(28)16(27)8-19(15)31-24-5-6-30-25(33-24)32-20-9-18(29)21(10-23(20)37-4)35-12-14-11-34(3)22(14)13-35;4-2-1-3(5)6;2-1-3;/h6-12,16,24,40H,1,13-15H2,2-5H3,(H,34,39)(H2,32,33,35,36);5-10,14,22,36H,11-13,29H2,1-4H3,(H2,30,31,32,33);1-2H2;1H,(H,2,3);1H4/t16-,24+;14-,22+;;;/m11.../s1. The Balaban J connectivity index is 0.000000245. The van der Waals surface area contributed by atoms with Crippen LogP contribution in [0.4, 0.5) is 77.8 Å². The number of anilines is 12. The van der Waals surface area contributed by atoms with E-state index in [1.165, 1.54) is 30.3 Å². The van der Waals surface area contributed by atoms with E-state index in [9.17, 15) is 28.6 Å². The van der Waals surface area contributed by atoms with Crippen LogP contribution in [-0.2, 0) is 25.6 Å². The number of ether oxygens (including phenoxy) is 2. The molecule has 4 aliphatic rings. The minimum absolute atomic E-state index is 0. The van der Waals surface area contributed by atoms with Gasteiger partial charge in [0.25, 0.3) is 6.47 Å². The molecule has 4 saturated heterocycles. The highest BCUT2D eigenvalue weighted by molar-refractivity contribution is 6.63. The molecule has 2 aromatic heterocycles. The summed E-state index contributed by atoms with van der Waals surface area (Å²) in [6.45, 7) is 15.4. The van der Waals surface area contributed by atoms with E-state index >= 15 is 0 Å². The van der Waals surface area contributed by atoms with Gasteiger partial charge in [0.1, 0.15) is 34.8 Å². The number of nitrogens with zero attached hydrogens (tertiary/aromatic N) is 8. The molecule has 10 N–H and O–H groups in total. The highest BCUT2D eigenvalue weighted by atomic mass is 35.5. The summed E-state index contributed by atoms with van der Waals surface area (Å²) in [6, 6.07) is 17.0. The second-order valence-electron chi connectivity index (χ2n) is 21.9. The van der Waals surface area contributed by atoms with Crippen molar-refractivity contribution in [2.75, 3.05) is 116 Å². The normalized spacial score (nSPS) is 17.4. The Labute approximate surface area is 530 Å². The maximum Gasteiger partial charge on any atom is 0.290 e. The van der Waals surface area contributed by atoms with E-state index in [4.69, 9.17) is 71.5 Å². The molecule has 0 spiro atoms. The Morgan fingerprint density at radius 2 is 1.14 bits per heavy atom. The van der Waals surface area contributed by atoms with Crippen LogP contribution in [0.3, 0.4) is 0 Å². The van der Waals surface area contributed by atoms with Gasteiger partial charge in [0.2, 0.25) is 23.0 Å². The molecule has 1 amide bonds. The molecule has 88 heavy (non-hydrogen) atoms. The number of nitrogen functional groups attached to an aromatic ring is 1. The Hall–Kier alpha value is -7.55. The summed E-state index contributed by atoms with van der Waals surface area (Å²) < 4.78 is 39.6. The average molecular weight is 1300 g/mol. The monoisotopic (exact) mass is 1300 g/mol. The average Bonchev–Trinajstić information content (AvgIpc) is 2.99. The Morgan fingerprint density at radius 3 is 1.51 bits per heavy atom. The molecular formula is C60H74Cl4F2N14O8. The van der Waals surface area contributed by atoms with Gasteiger partial charge in [-0.25, -0.2) is 18.7 Å². The number of aromatic nitrogens is 4. The predicted octanol–water partition coefficient (Wildman–Crippen LogP) is 10.9. The van der Waals surface area contributed by atoms with E-state index < -0.39 is 22.8 Å². The summed E-state index contributed by atoms with van der Waals surface area (Å²) in [7, 11) is 7.46. The van der Waals surface area contributed by atoms with E-state index in [1.54, 1.807) is 72.5 Å². The number of alkyl halides is 1. The lowest BCUT2D eigenvalue weighted by Gasteiger charge is -2.40. The third-order valence-corrected chi connectivity index (χ3v) is 15.8. The minimum Gasteiger partial charge on any atom is -0.494 e. The number of carbonyl (C=O) groups is 3. The van der Waals surface area contributed by atoms with Crippen LogP contribution < -0.4 is 51.6 Å². The second kappa shape index (κ2) is 30.1. The summed E-state index contributed by atoms with van der Waals surface area (Å²) in [5.74, 6) is 2.50. The smallest absolute Gasteiger partial charge is 0.290 e. The molecule has 4 aromatic carbocycles. The third kappa shape index (κ3) is 17.2. The number of likely N-dealkylation sites (tertiary alicyclic amines) is 2. The first-order valence-electron chi connectivity index (χ1n) is 27.2. The van der Waals surface area contributed by atoms with Crippen LogP contribution in [0.2, 0.25) is 10.0 Å². The zero-order chi connectivity index (χ0) is 63.7. The topological polar surface area (TPSA) is 281 Å². The SMILES string of the molecule is C.C=CC(=O)Nc1cc(Nc2nccc(Nc3cc(Cl)c(F)cc3C(C)(C)O)n2)c(OC)cc1N1C[C@H]2CN(C)[C@H]2C1.COc1cc(N2C[C@H]3CN(C)[C@H]3C2)c(N)cc1Nc1nccc(Nc2cc(Cl)c(F)cc2C(C)(C)O)n1.O=C(Cl)CCCl.O=CO. The van der Waals surface area contributed by atoms with E-state index in [0.29, 0.717) is 104 Å². The van der Waals surface area contributed by atoms with Crippen LogP contribution in [-0.4, -0.2) is 148 Å².